The molecule has 2 aromatic carbocycles. The van der Waals surface area contributed by atoms with Crippen LogP contribution >= 0.6 is 11.6 Å². The highest BCUT2D eigenvalue weighted by molar-refractivity contribution is 6.31. The molecule has 2 aliphatic rings. The first-order chi connectivity index (χ1) is 25.2. The molecule has 0 radical (unpaired) electrons. The van der Waals surface area contributed by atoms with E-state index in [-0.39, 0.29) is 37.8 Å². The maximum atomic E-state index is 13.0. The molecule has 0 bridgehead atoms. The Hall–Kier alpha value is -3.13. The van der Waals surface area contributed by atoms with E-state index < -0.39 is 37.2 Å². The van der Waals surface area contributed by atoms with Crippen LogP contribution in [-0.4, -0.2) is 105 Å². The van der Waals surface area contributed by atoms with Crippen LogP contribution in [0.1, 0.15) is 80.9 Å². The van der Waals surface area contributed by atoms with Crippen LogP contribution in [0.2, 0.25) is 5.02 Å². The number of benzene rings is 2. The molecule has 3 unspecified atom stereocenters. The Bertz CT molecular complexity index is 1590. The van der Waals surface area contributed by atoms with Crippen LogP contribution in [0, 0.1) is 0 Å². The monoisotopic (exact) mass is 739 g/mol. The van der Waals surface area contributed by atoms with Crippen LogP contribution in [0.5, 0.6) is 5.75 Å². The van der Waals surface area contributed by atoms with Crippen molar-refractivity contribution in [3.05, 3.63) is 82.6 Å². The van der Waals surface area contributed by atoms with Gasteiger partial charge in [0, 0.05) is 48.2 Å². The highest BCUT2D eigenvalue weighted by Gasteiger charge is 2.46. The quantitative estimate of drug-likeness (QED) is 0.0773. The van der Waals surface area contributed by atoms with Gasteiger partial charge in [0.2, 0.25) is 5.91 Å². The van der Waals surface area contributed by atoms with E-state index in [0.717, 1.165) is 61.0 Å². The van der Waals surface area contributed by atoms with E-state index in [0.29, 0.717) is 30.6 Å². The van der Waals surface area contributed by atoms with E-state index in [1.54, 1.807) is 4.90 Å². The summed E-state index contributed by atoms with van der Waals surface area (Å²) >= 11 is 6.74. The van der Waals surface area contributed by atoms with Gasteiger partial charge in [-0.1, -0.05) is 55.3 Å². The maximum absolute atomic E-state index is 13.0. The van der Waals surface area contributed by atoms with Crippen molar-refractivity contribution in [3.63, 3.8) is 0 Å². The van der Waals surface area contributed by atoms with Gasteiger partial charge >= 0.3 is 0 Å². The molecule has 52 heavy (non-hydrogen) atoms. The summed E-state index contributed by atoms with van der Waals surface area (Å²) in [4.78, 5) is 19.1. The van der Waals surface area contributed by atoms with E-state index in [2.05, 4.69) is 53.6 Å². The summed E-state index contributed by atoms with van der Waals surface area (Å²) < 4.78 is 11.6. The highest BCUT2D eigenvalue weighted by atomic mass is 35.5. The third-order valence-corrected chi connectivity index (χ3v) is 10.5. The number of unbranched alkanes of at least 4 members (excludes halogenated alkanes) is 1. The molecule has 0 spiro atoms. The fraction of sp³-hybridized carbons (Fsp3) is 0.550. The predicted molar refractivity (Wildman–Crippen MR) is 199 cm³/mol. The lowest BCUT2D eigenvalue weighted by Crippen LogP contribution is -2.44. The number of nitrogens with zero attached hydrogens (tertiary/aromatic N) is 2. The molecule has 2 fully saturated rings. The third-order valence-electron chi connectivity index (χ3n) is 10.1. The zero-order chi connectivity index (χ0) is 37.1. The van der Waals surface area contributed by atoms with Gasteiger partial charge in [0.25, 0.3) is 0 Å². The summed E-state index contributed by atoms with van der Waals surface area (Å²) in [5.41, 5.74) is 5.42. The van der Waals surface area contributed by atoms with Gasteiger partial charge in [-0.25, -0.2) is 0 Å². The smallest absolute Gasteiger partial charge is 0.225 e. The molecule has 2 saturated carbocycles. The minimum Gasteiger partial charge on any atom is -0.490 e. The lowest BCUT2D eigenvalue weighted by atomic mass is 9.93. The number of aliphatic hydroxyl groups excluding tert-OH is 5. The van der Waals surface area contributed by atoms with Crippen LogP contribution in [0.15, 0.2) is 60.9 Å². The van der Waals surface area contributed by atoms with Gasteiger partial charge in [0.1, 0.15) is 18.0 Å². The Morgan fingerprint density at radius 3 is 2.54 bits per heavy atom. The number of aromatic nitrogens is 1. The van der Waals surface area contributed by atoms with Gasteiger partial charge in [0.05, 0.1) is 45.1 Å². The zero-order valence-corrected chi connectivity index (χ0v) is 30.8. The van der Waals surface area contributed by atoms with Crippen LogP contribution in [0.25, 0.3) is 11.1 Å². The average molecular weight is 740 g/mol. The Morgan fingerprint density at radius 2 is 1.81 bits per heavy atom. The predicted octanol–water partition coefficient (Wildman–Crippen LogP) is 4.30. The van der Waals surface area contributed by atoms with E-state index in [1.807, 2.05) is 24.5 Å². The summed E-state index contributed by atoms with van der Waals surface area (Å²) in [5.74, 6) is 0.764. The molecule has 12 heteroatoms. The molecule has 3 aromatic rings. The Labute approximate surface area is 311 Å². The standard InChI is InChI=1S/C40H54ClN3O8/c1-27(6-4-5-17-44(18-20-51-21-19-45)38(49)23-35(47)39(50)36(48)26-46)28-9-12-34(41)29(22-28)24-43-40(14-15-40)33-25-42-16-13-31(33)32-7-2-3-8-37(32)52-30-10-11-30/h2-3,7-9,12-13,16,22,25,27,30,35-36,39,43,45-48,50H,4-6,10-11,14-15,17-21,23-24,26H2,1H3/t27?,35?,36-,39?/m0/s1. The second-order valence-electron chi connectivity index (χ2n) is 14.1. The lowest BCUT2D eigenvalue weighted by molar-refractivity contribution is -0.138. The molecular formula is C40H54ClN3O8. The normalized spacial score (nSPS) is 17.3. The number of aliphatic hydroxyl groups is 5. The van der Waals surface area contributed by atoms with Crippen molar-refractivity contribution in [1.29, 1.82) is 0 Å². The van der Waals surface area contributed by atoms with Crippen molar-refractivity contribution in [2.45, 2.75) is 101 Å². The van der Waals surface area contributed by atoms with Gasteiger partial charge in [-0.3, -0.25) is 9.78 Å². The van der Waals surface area contributed by atoms with Crippen LogP contribution in [-0.2, 0) is 21.6 Å². The second-order valence-corrected chi connectivity index (χ2v) is 14.6. The van der Waals surface area contributed by atoms with Gasteiger partial charge in [0.15, 0.2) is 0 Å². The SMILES string of the molecule is CC(CCCCN(CCOCCO)C(=O)CC(O)C(O)[C@@H](O)CO)c1ccc(Cl)c(CNC2(c3cnccc3-c3ccccc3OC3CC3)CC2)c1. The Morgan fingerprint density at radius 1 is 1.02 bits per heavy atom. The van der Waals surface area contributed by atoms with E-state index in [9.17, 15) is 20.1 Å². The summed E-state index contributed by atoms with van der Waals surface area (Å²) in [6.07, 6.45) is 5.66. The molecule has 1 amide bonds. The first kappa shape index (κ1) is 40.1. The van der Waals surface area contributed by atoms with Gasteiger partial charge < -0.3 is 45.2 Å². The molecule has 1 aromatic heterocycles. The molecule has 284 valence electrons. The number of pyridine rings is 1. The number of ether oxygens (including phenoxy) is 2. The molecule has 0 saturated heterocycles. The Kier molecular flexibility index (Phi) is 14.8. The van der Waals surface area contributed by atoms with Crippen molar-refractivity contribution in [1.82, 2.24) is 15.2 Å². The maximum Gasteiger partial charge on any atom is 0.225 e. The van der Waals surface area contributed by atoms with Crippen molar-refractivity contribution in [3.8, 4) is 16.9 Å². The van der Waals surface area contributed by atoms with Crippen molar-refractivity contribution < 1.29 is 39.8 Å². The van der Waals surface area contributed by atoms with Crippen molar-refractivity contribution >= 4 is 17.5 Å². The number of hydrogen-bond donors (Lipinski definition) is 6. The minimum absolute atomic E-state index is 0.129. The Balaban J connectivity index is 1.17. The van der Waals surface area contributed by atoms with Gasteiger partial charge in [-0.2, -0.15) is 0 Å². The second kappa shape index (κ2) is 19.3. The van der Waals surface area contributed by atoms with Crippen LogP contribution in [0.3, 0.4) is 0 Å². The molecule has 4 atom stereocenters. The van der Waals surface area contributed by atoms with E-state index in [1.165, 1.54) is 11.1 Å². The van der Waals surface area contributed by atoms with Gasteiger partial charge in [-0.15, -0.1) is 0 Å². The molecule has 1 heterocycles. The molecule has 11 nitrogen and oxygen atoms in total. The van der Waals surface area contributed by atoms with E-state index >= 15 is 0 Å². The number of amides is 1. The topological polar surface area (TPSA) is 165 Å². The number of halogens is 1. The van der Waals surface area contributed by atoms with Crippen LogP contribution < -0.4 is 10.1 Å². The zero-order valence-electron chi connectivity index (χ0n) is 30.0. The third kappa shape index (κ3) is 11.0. The molecular weight excluding hydrogens is 686 g/mol. The van der Waals surface area contributed by atoms with E-state index in [4.69, 9.17) is 31.3 Å². The number of nitrogens with one attached hydrogen (secondary N) is 1. The first-order valence-electron chi connectivity index (χ1n) is 18.5. The number of carbonyl (C=O) groups excluding carboxylic acids is 1. The summed E-state index contributed by atoms with van der Waals surface area (Å²) in [6.45, 7) is 2.98. The fourth-order valence-electron chi connectivity index (χ4n) is 6.55. The highest BCUT2D eigenvalue weighted by Crippen LogP contribution is 2.50. The lowest BCUT2D eigenvalue weighted by Gasteiger charge is -2.26. The number of rotatable bonds is 23. The number of hydrogen-bond acceptors (Lipinski definition) is 10. The molecule has 0 aliphatic heterocycles. The minimum atomic E-state index is -1.64. The number of carbonyl (C=O) groups is 1. The molecule has 5 rings (SSSR count). The molecule has 6 N–H and O–H groups in total. The first-order valence-corrected chi connectivity index (χ1v) is 18.9. The van der Waals surface area contributed by atoms with Gasteiger partial charge in [-0.05, 0) is 84.9 Å². The van der Waals surface area contributed by atoms with Crippen LogP contribution in [0.4, 0.5) is 0 Å². The largest absolute Gasteiger partial charge is 0.490 e. The summed E-state index contributed by atoms with van der Waals surface area (Å²) in [6, 6.07) is 16.5. The summed E-state index contributed by atoms with van der Waals surface area (Å²) in [7, 11) is 0. The summed E-state index contributed by atoms with van der Waals surface area (Å²) in [5, 5.41) is 52.5. The van der Waals surface area contributed by atoms with Crippen molar-refractivity contribution in [2.24, 2.45) is 0 Å². The number of para-hydroxylation sites is 1. The van der Waals surface area contributed by atoms with Crippen molar-refractivity contribution in [2.75, 3.05) is 39.5 Å². The average Bonchev–Trinajstić information content (AvgIpc) is 4.11. The fourth-order valence-corrected chi connectivity index (χ4v) is 6.74. The molecule has 2 aliphatic carbocycles.